The van der Waals surface area contributed by atoms with Crippen molar-refractivity contribution < 1.29 is 29.0 Å². The second-order valence-corrected chi connectivity index (χ2v) is 6.70. The number of nitro benzene ring substituents is 3. The summed E-state index contributed by atoms with van der Waals surface area (Å²) in [6.45, 7) is 0. The van der Waals surface area contributed by atoms with Crippen LogP contribution in [0.25, 0.3) is 12.2 Å². The Morgan fingerprint density at radius 3 is 2.15 bits per heavy atom. The maximum Gasteiger partial charge on any atom is 0.343 e. The number of carbonyl (C=O) groups excluding carboxylic acids is 1. The quantitative estimate of drug-likeness (QED) is 0.149. The summed E-state index contributed by atoms with van der Waals surface area (Å²) in [4.78, 5) is 43.4. The molecular weight excluding hydrogens is 450 g/mol. The minimum absolute atomic E-state index is 0.0225. The zero-order valence-corrected chi connectivity index (χ0v) is 17.4. The molecule has 34 heavy (non-hydrogen) atoms. The van der Waals surface area contributed by atoms with Gasteiger partial charge >= 0.3 is 5.97 Å². The zero-order chi connectivity index (χ0) is 24.8. The summed E-state index contributed by atoms with van der Waals surface area (Å²) in [5.74, 6) is -0.608. The highest BCUT2D eigenvalue weighted by atomic mass is 16.6. The molecule has 0 aliphatic heterocycles. The molecule has 0 bridgehead atoms. The van der Waals surface area contributed by atoms with Gasteiger partial charge in [-0.15, -0.1) is 0 Å². The number of esters is 1. The number of hydrogen-bond acceptors (Lipinski definition) is 9. The van der Waals surface area contributed by atoms with Crippen LogP contribution in [0.5, 0.6) is 11.5 Å². The largest absolute Gasteiger partial charge is 0.493 e. The fourth-order valence-electron chi connectivity index (χ4n) is 2.91. The number of rotatable bonds is 8. The van der Waals surface area contributed by atoms with Crippen LogP contribution in [0.2, 0.25) is 0 Å². The van der Waals surface area contributed by atoms with Crippen LogP contribution in [-0.4, -0.2) is 27.8 Å². The van der Waals surface area contributed by atoms with Crippen LogP contribution >= 0.6 is 0 Å². The second-order valence-electron chi connectivity index (χ2n) is 6.70. The van der Waals surface area contributed by atoms with Crippen LogP contribution in [-0.2, 0) is 0 Å². The second kappa shape index (κ2) is 9.99. The van der Waals surface area contributed by atoms with Crippen molar-refractivity contribution in [1.29, 1.82) is 0 Å². The van der Waals surface area contributed by atoms with Gasteiger partial charge in [0.2, 0.25) is 0 Å². The van der Waals surface area contributed by atoms with Crippen molar-refractivity contribution in [2.45, 2.75) is 0 Å². The first-order valence-electron chi connectivity index (χ1n) is 9.45. The van der Waals surface area contributed by atoms with E-state index in [0.29, 0.717) is 5.56 Å². The monoisotopic (exact) mass is 465 g/mol. The molecule has 0 aliphatic rings. The van der Waals surface area contributed by atoms with E-state index in [1.165, 1.54) is 55.7 Å². The topological polar surface area (TPSA) is 165 Å². The standard InChI is InChI=1S/C22H15N3O9/c1-33-21-11-14(5-7-15-8-9-18(24(29)30)13-19(15)25(31)32)6-10-20(21)34-22(26)16-3-2-4-17(12-16)23(27)28/h2-13H,1H3/b7-5+. The van der Waals surface area contributed by atoms with Gasteiger partial charge in [0.25, 0.3) is 17.1 Å². The van der Waals surface area contributed by atoms with Crippen LogP contribution in [0.15, 0.2) is 60.7 Å². The first-order valence-corrected chi connectivity index (χ1v) is 9.45. The molecule has 0 fully saturated rings. The molecule has 0 amide bonds. The molecule has 12 nitrogen and oxygen atoms in total. The Kier molecular flexibility index (Phi) is 6.92. The minimum Gasteiger partial charge on any atom is -0.493 e. The van der Waals surface area contributed by atoms with E-state index in [2.05, 4.69) is 0 Å². The molecule has 0 atom stereocenters. The van der Waals surface area contributed by atoms with E-state index in [0.717, 1.165) is 18.2 Å². The maximum absolute atomic E-state index is 12.4. The summed E-state index contributed by atoms with van der Waals surface area (Å²) in [5.41, 5.74) is -0.441. The van der Waals surface area contributed by atoms with E-state index in [-0.39, 0.29) is 28.3 Å². The fourth-order valence-corrected chi connectivity index (χ4v) is 2.91. The third-order valence-corrected chi connectivity index (χ3v) is 4.56. The Hall–Kier alpha value is -5.13. The molecular formula is C22H15N3O9. The molecule has 3 aromatic rings. The van der Waals surface area contributed by atoms with Crippen molar-refractivity contribution in [1.82, 2.24) is 0 Å². The molecule has 0 aliphatic carbocycles. The van der Waals surface area contributed by atoms with E-state index in [1.54, 1.807) is 6.07 Å². The molecule has 0 N–H and O–H groups in total. The Morgan fingerprint density at radius 2 is 1.50 bits per heavy atom. The fraction of sp³-hybridized carbons (Fsp3) is 0.0455. The number of carbonyl (C=O) groups is 1. The first-order chi connectivity index (χ1) is 16.2. The third-order valence-electron chi connectivity index (χ3n) is 4.56. The van der Waals surface area contributed by atoms with Gasteiger partial charge in [-0.05, 0) is 35.9 Å². The number of methoxy groups -OCH3 is 1. The first kappa shape index (κ1) is 23.5. The Morgan fingerprint density at radius 1 is 0.794 bits per heavy atom. The third kappa shape index (κ3) is 5.37. The molecule has 0 spiro atoms. The van der Waals surface area contributed by atoms with Gasteiger partial charge < -0.3 is 9.47 Å². The summed E-state index contributed by atoms with van der Waals surface area (Å²) < 4.78 is 10.5. The van der Waals surface area contributed by atoms with Crippen LogP contribution in [0, 0.1) is 30.3 Å². The number of hydrogen-bond donors (Lipinski definition) is 0. The highest BCUT2D eigenvalue weighted by molar-refractivity contribution is 5.92. The summed E-state index contributed by atoms with van der Waals surface area (Å²) in [6, 6.07) is 12.8. The number of nitro groups is 3. The van der Waals surface area contributed by atoms with Crippen molar-refractivity contribution in [3.63, 3.8) is 0 Å². The van der Waals surface area contributed by atoms with E-state index < -0.39 is 32.1 Å². The lowest BCUT2D eigenvalue weighted by Crippen LogP contribution is -2.09. The van der Waals surface area contributed by atoms with E-state index in [9.17, 15) is 35.1 Å². The van der Waals surface area contributed by atoms with Crippen molar-refractivity contribution in [2.75, 3.05) is 7.11 Å². The van der Waals surface area contributed by atoms with Gasteiger partial charge in [0.1, 0.15) is 0 Å². The molecule has 0 unspecified atom stereocenters. The summed E-state index contributed by atoms with van der Waals surface area (Å²) >= 11 is 0. The van der Waals surface area contributed by atoms with Crippen LogP contribution in [0.1, 0.15) is 21.5 Å². The molecule has 3 aromatic carbocycles. The van der Waals surface area contributed by atoms with Crippen molar-refractivity contribution in [2.24, 2.45) is 0 Å². The van der Waals surface area contributed by atoms with Crippen LogP contribution < -0.4 is 9.47 Å². The Balaban J connectivity index is 1.84. The van der Waals surface area contributed by atoms with E-state index >= 15 is 0 Å². The number of ether oxygens (including phenoxy) is 2. The summed E-state index contributed by atoms with van der Waals surface area (Å²) in [5, 5.41) is 33.0. The lowest BCUT2D eigenvalue weighted by atomic mass is 10.1. The average molecular weight is 465 g/mol. The lowest BCUT2D eigenvalue weighted by Gasteiger charge is -2.10. The Bertz CT molecular complexity index is 1330. The maximum atomic E-state index is 12.4. The number of nitrogens with zero attached hydrogens (tertiary/aromatic N) is 3. The molecule has 0 aromatic heterocycles. The molecule has 0 saturated heterocycles. The molecule has 172 valence electrons. The van der Waals surface area contributed by atoms with Gasteiger partial charge in [0.05, 0.1) is 39.1 Å². The van der Waals surface area contributed by atoms with E-state index in [1.807, 2.05) is 0 Å². The van der Waals surface area contributed by atoms with Gasteiger partial charge in [0.15, 0.2) is 11.5 Å². The average Bonchev–Trinajstić information content (AvgIpc) is 2.83. The van der Waals surface area contributed by atoms with Gasteiger partial charge in [-0.2, -0.15) is 0 Å². The van der Waals surface area contributed by atoms with Crippen LogP contribution in [0.4, 0.5) is 17.1 Å². The molecule has 12 heteroatoms. The van der Waals surface area contributed by atoms with Gasteiger partial charge in [-0.3, -0.25) is 30.3 Å². The Labute approximate surface area is 191 Å². The highest BCUT2D eigenvalue weighted by Crippen LogP contribution is 2.31. The zero-order valence-electron chi connectivity index (χ0n) is 17.4. The molecule has 0 heterocycles. The predicted octanol–water partition coefficient (Wildman–Crippen LogP) is 4.81. The minimum atomic E-state index is -0.827. The summed E-state index contributed by atoms with van der Waals surface area (Å²) in [6.07, 6.45) is 2.92. The van der Waals surface area contributed by atoms with Gasteiger partial charge in [-0.25, -0.2) is 4.79 Å². The predicted molar refractivity (Wildman–Crippen MR) is 120 cm³/mol. The molecule has 0 radical (unpaired) electrons. The normalized spacial score (nSPS) is 10.6. The summed E-state index contributed by atoms with van der Waals surface area (Å²) in [7, 11) is 1.34. The van der Waals surface area contributed by atoms with Crippen molar-refractivity contribution in [3.8, 4) is 11.5 Å². The van der Waals surface area contributed by atoms with Gasteiger partial charge in [-0.1, -0.05) is 18.2 Å². The number of non-ortho nitro benzene ring substituents is 2. The SMILES string of the molecule is COc1cc(/C=C/c2ccc([N+](=O)[O-])cc2[N+](=O)[O-])ccc1OC(=O)c1cccc([N+](=O)[O-])c1. The number of benzene rings is 3. The van der Waals surface area contributed by atoms with Gasteiger partial charge in [0, 0.05) is 18.2 Å². The smallest absolute Gasteiger partial charge is 0.343 e. The van der Waals surface area contributed by atoms with Crippen LogP contribution in [0.3, 0.4) is 0 Å². The highest BCUT2D eigenvalue weighted by Gasteiger charge is 2.18. The van der Waals surface area contributed by atoms with Crippen molar-refractivity contribution in [3.05, 3.63) is 108 Å². The molecule has 3 rings (SSSR count). The lowest BCUT2D eigenvalue weighted by molar-refractivity contribution is -0.394. The molecule has 0 saturated carbocycles. The van der Waals surface area contributed by atoms with E-state index in [4.69, 9.17) is 9.47 Å². The van der Waals surface area contributed by atoms with Crippen molar-refractivity contribution >= 4 is 35.2 Å².